The smallest absolute Gasteiger partial charge is 0.140 e. The van der Waals surface area contributed by atoms with E-state index in [-0.39, 0.29) is 5.41 Å². The molecule has 1 aliphatic heterocycles. The second-order valence-electron chi connectivity index (χ2n) is 6.21. The number of fused-ring (bicyclic) bond motifs is 1. The second kappa shape index (κ2) is 4.77. The monoisotopic (exact) mass is 301 g/mol. The molecule has 5 heteroatoms. The maximum Gasteiger partial charge on any atom is 0.140 e. The summed E-state index contributed by atoms with van der Waals surface area (Å²) in [5.41, 5.74) is -0.0825. The van der Waals surface area contributed by atoms with Gasteiger partial charge in [0.05, 0.1) is 5.39 Å². The van der Waals surface area contributed by atoms with Crippen LogP contribution in [0.2, 0.25) is 0 Å². The van der Waals surface area contributed by atoms with E-state index in [9.17, 15) is 4.79 Å². The molecule has 110 valence electrons. The molecule has 1 aliphatic carbocycles. The van der Waals surface area contributed by atoms with Crippen molar-refractivity contribution in [3.05, 3.63) is 17.3 Å². The fourth-order valence-corrected chi connectivity index (χ4v) is 4.73. The minimum absolute atomic E-state index is 0.0825. The summed E-state index contributed by atoms with van der Waals surface area (Å²) in [5, 5.41) is 1.15. The van der Waals surface area contributed by atoms with Crippen LogP contribution in [0.4, 0.5) is 5.82 Å². The lowest BCUT2D eigenvalue weighted by Gasteiger charge is -2.23. The van der Waals surface area contributed by atoms with Crippen molar-refractivity contribution >= 4 is 33.2 Å². The van der Waals surface area contributed by atoms with Gasteiger partial charge in [-0.05, 0) is 31.7 Å². The molecule has 2 aliphatic rings. The number of hydrogen-bond donors (Lipinski definition) is 0. The predicted molar refractivity (Wildman–Crippen MR) is 84.9 cm³/mol. The van der Waals surface area contributed by atoms with Crippen LogP contribution in [-0.2, 0) is 11.2 Å². The maximum absolute atomic E-state index is 12.2. The highest BCUT2D eigenvalue weighted by atomic mass is 32.1. The number of anilines is 1. The van der Waals surface area contributed by atoms with Crippen molar-refractivity contribution in [3.8, 4) is 0 Å². The second-order valence-corrected chi connectivity index (χ2v) is 7.33. The summed E-state index contributed by atoms with van der Waals surface area (Å²) in [6, 6.07) is 2.22. The van der Waals surface area contributed by atoms with Crippen LogP contribution in [0.25, 0.3) is 10.2 Å². The van der Waals surface area contributed by atoms with Crippen molar-refractivity contribution in [1.29, 1.82) is 0 Å². The molecular formula is C16H19N3OS. The first kappa shape index (κ1) is 13.2. The highest BCUT2D eigenvalue weighted by Gasteiger charge is 2.47. The first-order chi connectivity index (χ1) is 10.2. The van der Waals surface area contributed by atoms with Crippen molar-refractivity contribution in [3.63, 3.8) is 0 Å². The van der Waals surface area contributed by atoms with Crippen LogP contribution >= 0.6 is 11.3 Å². The molecule has 0 bridgehead atoms. The van der Waals surface area contributed by atoms with E-state index in [0.29, 0.717) is 5.78 Å². The van der Waals surface area contributed by atoms with Crippen LogP contribution in [-0.4, -0.2) is 28.8 Å². The zero-order valence-electron chi connectivity index (χ0n) is 12.3. The van der Waals surface area contributed by atoms with Crippen molar-refractivity contribution in [2.45, 2.75) is 39.0 Å². The Kier molecular flexibility index (Phi) is 2.99. The van der Waals surface area contributed by atoms with Gasteiger partial charge in [0, 0.05) is 29.8 Å². The number of nitrogens with zero attached hydrogens (tertiary/aromatic N) is 3. The Morgan fingerprint density at radius 1 is 1.38 bits per heavy atom. The highest BCUT2D eigenvalue weighted by molar-refractivity contribution is 7.18. The summed E-state index contributed by atoms with van der Waals surface area (Å²) in [5.74, 6) is 1.49. The lowest BCUT2D eigenvalue weighted by Crippen LogP contribution is -2.30. The standard InChI is InChI=1S/C16H19N3OS/c1-2-11-8-12-14(17-10-18-15(12)21-11)19-7-6-16(9-19)5-3-4-13(16)20/h8,10H,2-7,9H2,1H3. The van der Waals surface area contributed by atoms with Crippen LogP contribution in [0.5, 0.6) is 0 Å². The number of hydrogen-bond acceptors (Lipinski definition) is 5. The van der Waals surface area contributed by atoms with Crippen LogP contribution in [0.1, 0.15) is 37.5 Å². The number of thiophene rings is 1. The van der Waals surface area contributed by atoms with E-state index in [1.54, 1.807) is 17.7 Å². The average Bonchev–Trinajstić information content (AvgIpc) is 3.19. The highest BCUT2D eigenvalue weighted by Crippen LogP contribution is 2.44. The Bertz CT molecular complexity index is 711. The summed E-state index contributed by atoms with van der Waals surface area (Å²) in [6.45, 7) is 3.95. The molecule has 0 radical (unpaired) electrons. The minimum atomic E-state index is -0.0825. The van der Waals surface area contributed by atoms with Gasteiger partial charge in [-0.15, -0.1) is 11.3 Å². The number of ketones is 1. The van der Waals surface area contributed by atoms with Crippen molar-refractivity contribution in [2.24, 2.45) is 5.41 Å². The first-order valence-electron chi connectivity index (χ1n) is 7.73. The van der Waals surface area contributed by atoms with Gasteiger partial charge in [-0.25, -0.2) is 9.97 Å². The number of rotatable bonds is 2. The fourth-order valence-electron chi connectivity index (χ4n) is 3.80. The lowest BCUT2D eigenvalue weighted by molar-refractivity contribution is -0.124. The van der Waals surface area contributed by atoms with Gasteiger partial charge in [0.1, 0.15) is 22.8 Å². The maximum atomic E-state index is 12.2. The zero-order valence-corrected chi connectivity index (χ0v) is 13.1. The molecule has 1 atom stereocenters. The van der Waals surface area contributed by atoms with E-state index in [4.69, 9.17) is 0 Å². The van der Waals surface area contributed by atoms with E-state index in [2.05, 4.69) is 27.9 Å². The number of Topliss-reactive ketones (excluding diaryl/α,β-unsaturated/α-hetero) is 1. The molecule has 1 saturated heterocycles. The average molecular weight is 301 g/mol. The third-order valence-corrected chi connectivity index (χ3v) is 6.20. The Morgan fingerprint density at radius 3 is 3.05 bits per heavy atom. The molecule has 2 aromatic rings. The fraction of sp³-hybridized carbons (Fsp3) is 0.562. The summed E-state index contributed by atoms with van der Waals surface area (Å²) >= 11 is 1.75. The van der Waals surface area contributed by atoms with Crippen molar-refractivity contribution < 1.29 is 4.79 Å². The number of aromatic nitrogens is 2. The topological polar surface area (TPSA) is 46.1 Å². The van der Waals surface area contributed by atoms with Crippen LogP contribution < -0.4 is 4.90 Å². The van der Waals surface area contributed by atoms with Gasteiger partial charge >= 0.3 is 0 Å². The quantitative estimate of drug-likeness (QED) is 0.854. The molecule has 1 spiro atoms. The predicted octanol–water partition coefficient (Wildman–Crippen LogP) is 3.20. The van der Waals surface area contributed by atoms with Gasteiger partial charge < -0.3 is 4.90 Å². The molecule has 0 aromatic carbocycles. The van der Waals surface area contributed by atoms with Gasteiger partial charge in [0.2, 0.25) is 0 Å². The number of carbonyl (C=O) groups is 1. The van der Waals surface area contributed by atoms with E-state index >= 15 is 0 Å². The van der Waals surface area contributed by atoms with Gasteiger partial charge in [0.15, 0.2) is 0 Å². The molecular weight excluding hydrogens is 282 g/mol. The van der Waals surface area contributed by atoms with Crippen LogP contribution in [0.3, 0.4) is 0 Å². The molecule has 2 fully saturated rings. The summed E-state index contributed by atoms with van der Waals surface area (Å²) in [4.78, 5) is 25.9. The number of aryl methyl sites for hydroxylation is 1. The van der Waals surface area contributed by atoms with Gasteiger partial charge in [-0.1, -0.05) is 6.92 Å². The lowest BCUT2D eigenvalue weighted by atomic mass is 9.84. The zero-order chi connectivity index (χ0) is 14.4. The van der Waals surface area contributed by atoms with Crippen molar-refractivity contribution in [1.82, 2.24) is 9.97 Å². The SMILES string of the molecule is CCc1cc2c(N3CCC4(CCCC4=O)C3)ncnc2s1. The molecule has 3 heterocycles. The molecule has 2 aromatic heterocycles. The third kappa shape index (κ3) is 1.98. The molecule has 4 nitrogen and oxygen atoms in total. The van der Waals surface area contributed by atoms with E-state index < -0.39 is 0 Å². The molecule has 0 N–H and O–H groups in total. The summed E-state index contributed by atoms with van der Waals surface area (Å²) < 4.78 is 0. The van der Waals surface area contributed by atoms with Crippen LogP contribution in [0, 0.1) is 5.41 Å². The van der Waals surface area contributed by atoms with E-state index in [1.807, 2.05) is 0 Å². The molecule has 1 saturated carbocycles. The minimum Gasteiger partial charge on any atom is -0.355 e. The summed E-state index contributed by atoms with van der Waals surface area (Å²) in [6.07, 6.45) is 6.57. The third-order valence-electron chi connectivity index (χ3n) is 5.01. The van der Waals surface area contributed by atoms with Gasteiger partial charge in [-0.2, -0.15) is 0 Å². The first-order valence-corrected chi connectivity index (χ1v) is 8.55. The Balaban J connectivity index is 1.71. The Morgan fingerprint density at radius 2 is 2.29 bits per heavy atom. The summed E-state index contributed by atoms with van der Waals surface area (Å²) in [7, 11) is 0. The molecule has 0 amide bonds. The number of carbonyl (C=O) groups excluding carboxylic acids is 1. The van der Waals surface area contributed by atoms with Gasteiger partial charge in [-0.3, -0.25) is 4.79 Å². The van der Waals surface area contributed by atoms with E-state index in [1.165, 1.54) is 4.88 Å². The van der Waals surface area contributed by atoms with Gasteiger partial charge in [0.25, 0.3) is 0 Å². The largest absolute Gasteiger partial charge is 0.355 e. The molecule has 1 unspecified atom stereocenters. The van der Waals surface area contributed by atoms with E-state index in [0.717, 1.165) is 61.2 Å². The Labute approximate surface area is 128 Å². The van der Waals surface area contributed by atoms with Crippen LogP contribution in [0.15, 0.2) is 12.4 Å². The molecule has 4 rings (SSSR count). The normalized spacial score (nSPS) is 25.6. The molecule has 21 heavy (non-hydrogen) atoms. The Hall–Kier alpha value is -1.49. The van der Waals surface area contributed by atoms with Crippen molar-refractivity contribution in [2.75, 3.05) is 18.0 Å².